The SMILES string of the molecule is CCOC(=O)C1C(=O)C=CC1(C)C. The van der Waals surface area contributed by atoms with Crippen molar-refractivity contribution in [2.75, 3.05) is 6.61 Å². The molecule has 0 bridgehead atoms. The fraction of sp³-hybridized carbons (Fsp3) is 0.600. The fourth-order valence-corrected chi connectivity index (χ4v) is 1.50. The van der Waals surface area contributed by atoms with Crippen LogP contribution < -0.4 is 0 Å². The minimum atomic E-state index is -0.646. The van der Waals surface area contributed by atoms with Crippen molar-refractivity contribution < 1.29 is 14.3 Å². The summed E-state index contributed by atoms with van der Waals surface area (Å²) >= 11 is 0. The van der Waals surface area contributed by atoms with Crippen LogP contribution >= 0.6 is 0 Å². The number of allylic oxidation sites excluding steroid dienone is 2. The number of rotatable bonds is 2. The molecule has 0 amide bonds. The second-order valence-electron chi connectivity index (χ2n) is 3.74. The molecule has 13 heavy (non-hydrogen) atoms. The maximum absolute atomic E-state index is 11.4. The summed E-state index contributed by atoms with van der Waals surface area (Å²) in [6.07, 6.45) is 3.22. The van der Waals surface area contributed by atoms with Crippen LogP contribution in [0.3, 0.4) is 0 Å². The summed E-state index contributed by atoms with van der Waals surface area (Å²) in [6, 6.07) is 0. The number of carbonyl (C=O) groups excluding carboxylic acids is 2. The van der Waals surface area contributed by atoms with Gasteiger partial charge in [0.1, 0.15) is 5.92 Å². The van der Waals surface area contributed by atoms with Gasteiger partial charge in [-0.05, 0) is 13.0 Å². The van der Waals surface area contributed by atoms with Gasteiger partial charge in [0, 0.05) is 5.41 Å². The maximum Gasteiger partial charge on any atom is 0.317 e. The molecule has 0 heterocycles. The second-order valence-corrected chi connectivity index (χ2v) is 3.74. The topological polar surface area (TPSA) is 43.4 Å². The molecule has 0 aromatic heterocycles. The number of esters is 1. The molecular formula is C10H14O3. The summed E-state index contributed by atoms with van der Waals surface area (Å²) in [6.45, 7) is 5.77. The number of ether oxygens (including phenoxy) is 1. The van der Waals surface area contributed by atoms with Gasteiger partial charge in [0.15, 0.2) is 5.78 Å². The van der Waals surface area contributed by atoms with E-state index >= 15 is 0 Å². The predicted molar refractivity (Wildman–Crippen MR) is 48.1 cm³/mol. The monoisotopic (exact) mass is 182 g/mol. The van der Waals surface area contributed by atoms with Gasteiger partial charge >= 0.3 is 5.97 Å². The molecule has 1 rings (SSSR count). The van der Waals surface area contributed by atoms with Gasteiger partial charge in [-0.2, -0.15) is 0 Å². The van der Waals surface area contributed by atoms with E-state index in [-0.39, 0.29) is 5.78 Å². The predicted octanol–water partition coefficient (Wildman–Crippen LogP) is 1.33. The molecule has 0 fully saturated rings. The van der Waals surface area contributed by atoms with Crippen molar-refractivity contribution in [3.8, 4) is 0 Å². The first kappa shape index (κ1) is 9.96. The molecule has 0 aromatic carbocycles. The molecule has 0 aliphatic heterocycles. The molecule has 1 unspecified atom stereocenters. The molecule has 0 saturated heterocycles. The Bertz CT molecular complexity index is 263. The third kappa shape index (κ3) is 1.79. The first-order valence-electron chi connectivity index (χ1n) is 4.38. The van der Waals surface area contributed by atoms with Gasteiger partial charge in [0.05, 0.1) is 6.61 Å². The Morgan fingerprint density at radius 3 is 2.62 bits per heavy atom. The summed E-state index contributed by atoms with van der Waals surface area (Å²) < 4.78 is 4.83. The van der Waals surface area contributed by atoms with Crippen molar-refractivity contribution in [1.29, 1.82) is 0 Å². The van der Waals surface area contributed by atoms with Crippen LogP contribution in [-0.4, -0.2) is 18.4 Å². The number of ketones is 1. The van der Waals surface area contributed by atoms with Crippen molar-refractivity contribution in [2.24, 2.45) is 11.3 Å². The van der Waals surface area contributed by atoms with Crippen LogP contribution in [0.25, 0.3) is 0 Å². The van der Waals surface area contributed by atoms with Crippen molar-refractivity contribution in [3.05, 3.63) is 12.2 Å². The standard InChI is InChI=1S/C10H14O3/c1-4-13-9(12)8-7(11)5-6-10(8,2)3/h5-6,8H,4H2,1-3H3. The molecule has 3 nitrogen and oxygen atoms in total. The molecule has 0 saturated carbocycles. The maximum atomic E-state index is 11.4. The van der Waals surface area contributed by atoms with E-state index in [2.05, 4.69) is 0 Å². The molecule has 1 atom stereocenters. The van der Waals surface area contributed by atoms with Crippen LogP contribution in [0, 0.1) is 11.3 Å². The lowest BCUT2D eigenvalue weighted by Crippen LogP contribution is -2.32. The molecule has 0 aromatic rings. The minimum Gasteiger partial charge on any atom is -0.465 e. The summed E-state index contributed by atoms with van der Waals surface area (Å²) in [5.41, 5.74) is -0.399. The van der Waals surface area contributed by atoms with E-state index in [1.54, 1.807) is 13.0 Å². The zero-order valence-electron chi connectivity index (χ0n) is 8.16. The second kappa shape index (κ2) is 3.32. The Kier molecular flexibility index (Phi) is 2.55. The Hall–Kier alpha value is -1.12. The Labute approximate surface area is 77.8 Å². The van der Waals surface area contributed by atoms with E-state index in [1.807, 2.05) is 13.8 Å². The lowest BCUT2D eigenvalue weighted by molar-refractivity contribution is -0.153. The first-order valence-corrected chi connectivity index (χ1v) is 4.38. The van der Waals surface area contributed by atoms with E-state index in [9.17, 15) is 9.59 Å². The number of hydrogen-bond donors (Lipinski definition) is 0. The highest BCUT2D eigenvalue weighted by Crippen LogP contribution is 2.35. The number of hydrogen-bond acceptors (Lipinski definition) is 3. The van der Waals surface area contributed by atoms with Crippen molar-refractivity contribution in [1.82, 2.24) is 0 Å². The molecule has 1 aliphatic carbocycles. The Morgan fingerprint density at radius 1 is 1.62 bits per heavy atom. The highest BCUT2D eigenvalue weighted by atomic mass is 16.5. The van der Waals surface area contributed by atoms with Gasteiger partial charge in [-0.1, -0.05) is 19.9 Å². The van der Waals surface area contributed by atoms with Gasteiger partial charge in [0.2, 0.25) is 0 Å². The number of carbonyl (C=O) groups is 2. The van der Waals surface area contributed by atoms with Crippen LogP contribution in [0.2, 0.25) is 0 Å². The summed E-state index contributed by atoms with van der Waals surface area (Å²) in [5, 5.41) is 0. The van der Waals surface area contributed by atoms with Gasteiger partial charge in [-0.15, -0.1) is 0 Å². The summed E-state index contributed by atoms with van der Waals surface area (Å²) in [7, 11) is 0. The summed E-state index contributed by atoms with van der Waals surface area (Å²) in [5.74, 6) is -1.21. The van der Waals surface area contributed by atoms with Crippen LogP contribution in [-0.2, 0) is 14.3 Å². The van der Waals surface area contributed by atoms with E-state index in [0.29, 0.717) is 6.61 Å². The first-order chi connectivity index (χ1) is 5.99. The molecule has 72 valence electrons. The molecule has 0 spiro atoms. The van der Waals surface area contributed by atoms with Crippen LogP contribution in [0.1, 0.15) is 20.8 Å². The molecule has 1 aliphatic rings. The fourth-order valence-electron chi connectivity index (χ4n) is 1.50. The van der Waals surface area contributed by atoms with E-state index in [0.717, 1.165) is 0 Å². The highest BCUT2D eigenvalue weighted by molar-refractivity contribution is 6.08. The molecule has 0 radical (unpaired) electrons. The van der Waals surface area contributed by atoms with Crippen molar-refractivity contribution in [3.63, 3.8) is 0 Å². The lowest BCUT2D eigenvalue weighted by Gasteiger charge is -2.22. The quantitative estimate of drug-likeness (QED) is 0.478. The van der Waals surface area contributed by atoms with Gasteiger partial charge in [0.25, 0.3) is 0 Å². The van der Waals surface area contributed by atoms with Gasteiger partial charge < -0.3 is 4.74 Å². The Morgan fingerprint density at radius 2 is 2.23 bits per heavy atom. The van der Waals surface area contributed by atoms with Crippen molar-refractivity contribution in [2.45, 2.75) is 20.8 Å². The summed E-state index contributed by atoms with van der Waals surface area (Å²) in [4.78, 5) is 22.7. The van der Waals surface area contributed by atoms with E-state index in [4.69, 9.17) is 4.74 Å². The smallest absolute Gasteiger partial charge is 0.317 e. The van der Waals surface area contributed by atoms with E-state index in [1.165, 1.54) is 6.08 Å². The van der Waals surface area contributed by atoms with Gasteiger partial charge in [-0.3, -0.25) is 9.59 Å². The molecular weight excluding hydrogens is 168 g/mol. The van der Waals surface area contributed by atoms with Crippen LogP contribution in [0.4, 0.5) is 0 Å². The minimum absolute atomic E-state index is 0.150. The zero-order chi connectivity index (χ0) is 10.1. The average Bonchev–Trinajstić information content (AvgIpc) is 2.26. The Balaban J connectivity index is 2.80. The van der Waals surface area contributed by atoms with Crippen LogP contribution in [0.15, 0.2) is 12.2 Å². The third-order valence-electron chi connectivity index (χ3n) is 2.23. The lowest BCUT2D eigenvalue weighted by atomic mass is 9.82. The van der Waals surface area contributed by atoms with E-state index < -0.39 is 17.3 Å². The largest absolute Gasteiger partial charge is 0.465 e. The molecule has 3 heteroatoms. The van der Waals surface area contributed by atoms with Crippen molar-refractivity contribution >= 4 is 11.8 Å². The van der Waals surface area contributed by atoms with Gasteiger partial charge in [-0.25, -0.2) is 0 Å². The zero-order valence-corrected chi connectivity index (χ0v) is 8.16. The molecule has 0 N–H and O–H groups in total. The average molecular weight is 182 g/mol. The normalized spacial score (nSPS) is 24.8. The highest BCUT2D eigenvalue weighted by Gasteiger charge is 2.42. The third-order valence-corrected chi connectivity index (χ3v) is 2.23. The van der Waals surface area contributed by atoms with Crippen LogP contribution in [0.5, 0.6) is 0 Å².